The van der Waals surface area contributed by atoms with Gasteiger partial charge in [0.2, 0.25) is 0 Å². The quantitative estimate of drug-likeness (QED) is 0.484. The highest BCUT2D eigenvalue weighted by molar-refractivity contribution is 7.05. The lowest BCUT2D eigenvalue weighted by Crippen LogP contribution is -2.38. The standard InChI is InChI=1S/C21H19F3N2O5S/c1-12-10-15(8-9-16(12)31-20(2,3)19(27)28)29-11-17-25-18(26-32-17)13-4-6-14(7-5-13)30-21(22,23)24/h4-10H,11H2,1-3H3,(H,27,28). The molecule has 1 N–H and O–H groups in total. The zero-order valence-corrected chi connectivity index (χ0v) is 18.1. The molecule has 170 valence electrons. The number of aromatic nitrogens is 2. The van der Waals surface area contributed by atoms with Crippen LogP contribution in [0.1, 0.15) is 24.4 Å². The van der Waals surface area contributed by atoms with Crippen molar-refractivity contribution in [2.24, 2.45) is 0 Å². The third-order valence-electron chi connectivity index (χ3n) is 4.20. The highest BCUT2D eigenvalue weighted by Crippen LogP contribution is 2.29. The van der Waals surface area contributed by atoms with Crippen molar-refractivity contribution in [2.75, 3.05) is 0 Å². The molecule has 0 saturated heterocycles. The van der Waals surface area contributed by atoms with E-state index in [1.807, 2.05) is 0 Å². The van der Waals surface area contributed by atoms with Crippen molar-refractivity contribution in [1.29, 1.82) is 0 Å². The number of hydrogen-bond donors (Lipinski definition) is 1. The van der Waals surface area contributed by atoms with Crippen molar-refractivity contribution in [3.63, 3.8) is 0 Å². The van der Waals surface area contributed by atoms with Gasteiger partial charge in [0.25, 0.3) is 0 Å². The number of rotatable bonds is 8. The largest absolute Gasteiger partial charge is 0.573 e. The first-order valence-electron chi connectivity index (χ1n) is 9.27. The maximum Gasteiger partial charge on any atom is 0.573 e. The summed E-state index contributed by atoms with van der Waals surface area (Å²) in [5, 5.41) is 9.76. The Balaban J connectivity index is 1.62. The summed E-state index contributed by atoms with van der Waals surface area (Å²) in [6, 6.07) is 10.3. The van der Waals surface area contributed by atoms with E-state index in [0.29, 0.717) is 33.5 Å². The molecule has 0 fully saturated rings. The summed E-state index contributed by atoms with van der Waals surface area (Å²) in [5.41, 5.74) is -0.121. The molecule has 32 heavy (non-hydrogen) atoms. The third kappa shape index (κ3) is 6.10. The summed E-state index contributed by atoms with van der Waals surface area (Å²) in [4.78, 5) is 15.6. The van der Waals surface area contributed by atoms with E-state index in [4.69, 9.17) is 9.47 Å². The third-order valence-corrected chi connectivity index (χ3v) is 4.89. The van der Waals surface area contributed by atoms with Crippen LogP contribution < -0.4 is 14.2 Å². The van der Waals surface area contributed by atoms with Crippen LogP contribution in [0.3, 0.4) is 0 Å². The summed E-state index contributed by atoms with van der Waals surface area (Å²) < 4.78 is 56.1. The SMILES string of the molecule is Cc1cc(OCc2nc(-c3ccc(OC(F)(F)F)cc3)ns2)ccc1OC(C)(C)C(=O)O. The molecule has 0 saturated carbocycles. The first-order chi connectivity index (χ1) is 14.9. The van der Waals surface area contributed by atoms with Gasteiger partial charge in [-0.3, -0.25) is 0 Å². The molecule has 3 rings (SSSR count). The highest BCUT2D eigenvalue weighted by Gasteiger charge is 2.31. The first-order valence-corrected chi connectivity index (χ1v) is 10.0. The number of alkyl halides is 3. The molecule has 0 aliphatic carbocycles. The number of aliphatic carboxylic acids is 1. The normalized spacial score (nSPS) is 11.8. The van der Waals surface area contributed by atoms with Crippen LogP contribution >= 0.6 is 11.5 Å². The van der Waals surface area contributed by atoms with Crippen molar-refractivity contribution >= 4 is 17.5 Å². The zero-order valence-electron chi connectivity index (χ0n) is 17.3. The van der Waals surface area contributed by atoms with Gasteiger partial charge in [-0.15, -0.1) is 13.2 Å². The molecule has 1 aromatic heterocycles. The number of benzene rings is 2. The Labute approximate surface area is 185 Å². The Hall–Kier alpha value is -3.34. The number of hydrogen-bond acceptors (Lipinski definition) is 7. The Kier molecular flexibility index (Phi) is 6.58. The molecule has 0 atom stereocenters. The van der Waals surface area contributed by atoms with Gasteiger partial charge < -0.3 is 19.3 Å². The summed E-state index contributed by atoms with van der Waals surface area (Å²) in [5.74, 6) is -0.0707. The second kappa shape index (κ2) is 9.03. The van der Waals surface area contributed by atoms with E-state index in [2.05, 4.69) is 14.1 Å². The van der Waals surface area contributed by atoms with E-state index in [9.17, 15) is 23.1 Å². The van der Waals surface area contributed by atoms with Crippen LogP contribution in [0.15, 0.2) is 42.5 Å². The number of halogens is 3. The van der Waals surface area contributed by atoms with Crippen molar-refractivity contribution in [3.8, 4) is 28.6 Å². The summed E-state index contributed by atoms with van der Waals surface area (Å²) in [7, 11) is 0. The van der Waals surface area contributed by atoms with Gasteiger partial charge >= 0.3 is 12.3 Å². The average Bonchev–Trinajstić information content (AvgIpc) is 3.16. The van der Waals surface area contributed by atoms with Gasteiger partial charge in [0, 0.05) is 5.56 Å². The van der Waals surface area contributed by atoms with Crippen LogP contribution in [0, 0.1) is 6.92 Å². The van der Waals surface area contributed by atoms with E-state index in [1.54, 1.807) is 25.1 Å². The maximum atomic E-state index is 12.3. The molecule has 2 aromatic carbocycles. The fourth-order valence-electron chi connectivity index (χ4n) is 2.53. The molecule has 0 unspecified atom stereocenters. The minimum Gasteiger partial charge on any atom is -0.486 e. The molecule has 0 spiro atoms. The Bertz CT molecular complexity index is 1100. The second-order valence-electron chi connectivity index (χ2n) is 7.22. The number of nitrogens with zero attached hydrogens (tertiary/aromatic N) is 2. The van der Waals surface area contributed by atoms with Gasteiger partial charge in [-0.2, -0.15) is 4.37 Å². The molecule has 0 aliphatic heterocycles. The van der Waals surface area contributed by atoms with E-state index in [-0.39, 0.29) is 12.4 Å². The lowest BCUT2D eigenvalue weighted by molar-refractivity contribution is -0.274. The minimum atomic E-state index is -4.75. The molecule has 1 heterocycles. The predicted octanol–water partition coefficient (Wildman–Crippen LogP) is 5.23. The van der Waals surface area contributed by atoms with Gasteiger partial charge in [-0.25, -0.2) is 9.78 Å². The van der Waals surface area contributed by atoms with E-state index < -0.39 is 17.9 Å². The highest BCUT2D eigenvalue weighted by atomic mass is 32.1. The fourth-order valence-corrected chi connectivity index (χ4v) is 3.10. The Morgan fingerprint density at radius 3 is 2.31 bits per heavy atom. The molecule has 3 aromatic rings. The summed E-state index contributed by atoms with van der Waals surface area (Å²) in [6.45, 7) is 4.83. The van der Waals surface area contributed by atoms with Crippen LogP contribution in [0.4, 0.5) is 13.2 Å². The van der Waals surface area contributed by atoms with Gasteiger partial charge in [0.05, 0.1) is 0 Å². The second-order valence-corrected chi connectivity index (χ2v) is 8.05. The van der Waals surface area contributed by atoms with Crippen molar-refractivity contribution in [1.82, 2.24) is 9.36 Å². The van der Waals surface area contributed by atoms with E-state index >= 15 is 0 Å². The monoisotopic (exact) mass is 468 g/mol. The molecular weight excluding hydrogens is 449 g/mol. The molecule has 0 radical (unpaired) electrons. The Morgan fingerprint density at radius 1 is 1.06 bits per heavy atom. The molecule has 0 bridgehead atoms. The lowest BCUT2D eigenvalue weighted by Gasteiger charge is -2.23. The number of carboxylic acid groups (broad SMARTS) is 1. The smallest absolute Gasteiger partial charge is 0.486 e. The average molecular weight is 468 g/mol. The Morgan fingerprint density at radius 2 is 1.72 bits per heavy atom. The lowest BCUT2D eigenvalue weighted by atomic mass is 10.1. The van der Waals surface area contributed by atoms with Crippen LogP contribution in [-0.2, 0) is 11.4 Å². The van der Waals surface area contributed by atoms with Crippen molar-refractivity contribution in [2.45, 2.75) is 39.3 Å². The minimum absolute atomic E-state index is 0.132. The maximum absolute atomic E-state index is 12.3. The zero-order chi connectivity index (χ0) is 23.5. The molecule has 0 amide bonds. The predicted molar refractivity (Wildman–Crippen MR) is 110 cm³/mol. The number of carboxylic acids is 1. The summed E-state index contributed by atoms with van der Waals surface area (Å²) in [6.07, 6.45) is -4.75. The molecule has 7 nitrogen and oxygen atoms in total. The topological polar surface area (TPSA) is 90.8 Å². The van der Waals surface area contributed by atoms with E-state index in [1.165, 1.54) is 38.1 Å². The van der Waals surface area contributed by atoms with Crippen LogP contribution in [0.2, 0.25) is 0 Å². The van der Waals surface area contributed by atoms with Crippen molar-refractivity contribution in [3.05, 3.63) is 53.0 Å². The van der Waals surface area contributed by atoms with Gasteiger partial charge in [0.15, 0.2) is 16.4 Å². The molecule has 11 heteroatoms. The number of ether oxygens (including phenoxy) is 3. The number of aryl methyl sites for hydroxylation is 1. The molecule has 0 aliphatic rings. The van der Waals surface area contributed by atoms with Gasteiger partial charge in [-0.1, -0.05) is 0 Å². The van der Waals surface area contributed by atoms with Gasteiger partial charge in [0.1, 0.15) is 23.9 Å². The van der Waals surface area contributed by atoms with Crippen LogP contribution in [0.25, 0.3) is 11.4 Å². The summed E-state index contributed by atoms with van der Waals surface area (Å²) >= 11 is 1.11. The number of carbonyl (C=O) groups is 1. The van der Waals surface area contributed by atoms with Crippen molar-refractivity contribution < 1.29 is 37.3 Å². The van der Waals surface area contributed by atoms with E-state index in [0.717, 1.165) is 11.5 Å². The van der Waals surface area contributed by atoms with Crippen LogP contribution in [-0.4, -0.2) is 32.4 Å². The molecular formula is C21H19F3N2O5S. The van der Waals surface area contributed by atoms with Crippen LogP contribution in [0.5, 0.6) is 17.2 Å². The van der Waals surface area contributed by atoms with Gasteiger partial charge in [-0.05, 0) is 80.3 Å². The first kappa shape index (κ1) is 23.3. The fraction of sp³-hybridized carbons (Fsp3) is 0.286.